The molecule has 1 saturated heterocycles. The first-order valence-electron chi connectivity index (χ1n) is 7.66. The Morgan fingerprint density at radius 3 is 2.71 bits per heavy atom. The number of hydrogen-bond donors (Lipinski definition) is 0. The number of carbonyl (C=O) groups excluding carboxylic acids is 1. The molecule has 1 atom stereocenters. The van der Waals surface area contributed by atoms with Crippen molar-refractivity contribution in [3.63, 3.8) is 0 Å². The Kier molecular flexibility index (Phi) is 5.69. The van der Waals surface area contributed by atoms with Gasteiger partial charge in [-0.3, -0.25) is 4.79 Å². The van der Waals surface area contributed by atoms with Crippen LogP contribution < -0.4 is 0 Å². The second kappa shape index (κ2) is 7.77. The highest BCUT2D eigenvalue weighted by Gasteiger charge is 2.25. The van der Waals surface area contributed by atoms with E-state index in [0.717, 1.165) is 5.75 Å². The van der Waals surface area contributed by atoms with Gasteiger partial charge in [0.2, 0.25) is 0 Å². The van der Waals surface area contributed by atoms with E-state index in [4.69, 9.17) is 23.2 Å². The molecule has 0 saturated carbocycles. The standard InChI is InChI=1S/C18H16Cl2FNOS/c19-12-5-6-13(15(20)11-12)18(23)22-8-7-17(24-10-9-22)14-3-1-2-4-16(14)21/h1-6,11,17H,7-10H2. The molecule has 6 heteroatoms. The zero-order chi connectivity index (χ0) is 17.1. The highest BCUT2D eigenvalue weighted by molar-refractivity contribution is 7.99. The molecule has 1 heterocycles. The molecule has 3 rings (SSSR count). The molecular formula is C18H16Cl2FNOS. The third-order valence-corrected chi connectivity index (χ3v) is 5.90. The first-order chi connectivity index (χ1) is 11.6. The highest BCUT2D eigenvalue weighted by atomic mass is 35.5. The molecule has 24 heavy (non-hydrogen) atoms. The number of rotatable bonds is 2. The van der Waals surface area contributed by atoms with Crippen LogP contribution >= 0.6 is 35.0 Å². The Hall–Kier alpha value is -1.23. The van der Waals surface area contributed by atoms with Crippen molar-refractivity contribution in [1.29, 1.82) is 0 Å². The first kappa shape index (κ1) is 17.6. The summed E-state index contributed by atoms with van der Waals surface area (Å²) in [6.45, 7) is 1.19. The van der Waals surface area contributed by atoms with Crippen molar-refractivity contribution >= 4 is 40.9 Å². The van der Waals surface area contributed by atoms with Gasteiger partial charge in [0.1, 0.15) is 5.82 Å². The summed E-state index contributed by atoms with van der Waals surface area (Å²) in [6, 6.07) is 11.7. The van der Waals surface area contributed by atoms with Gasteiger partial charge in [-0.25, -0.2) is 4.39 Å². The van der Waals surface area contributed by atoms with Gasteiger partial charge in [0, 0.05) is 34.7 Å². The van der Waals surface area contributed by atoms with E-state index in [1.165, 1.54) is 6.07 Å². The molecule has 0 aromatic heterocycles. The summed E-state index contributed by atoms with van der Waals surface area (Å²) in [5.41, 5.74) is 1.16. The van der Waals surface area contributed by atoms with E-state index in [-0.39, 0.29) is 17.0 Å². The molecule has 2 aromatic rings. The molecule has 2 nitrogen and oxygen atoms in total. The smallest absolute Gasteiger partial charge is 0.255 e. The largest absolute Gasteiger partial charge is 0.338 e. The predicted octanol–water partition coefficient (Wildman–Crippen LogP) is 5.45. The van der Waals surface area contributed by atoms with Crippen molar-refractivity contribution in [3.8, 4) is 0 Å². The molecule has 0 aliphatic carbocycles. The topological polar surface area (TPSA) is 20.3 Å². The molecule has 1 aliphatic rings. The number of thioether (sulfide) groups is 1. The number of amides is 1. The minimum atomic E-state index is -0.185. The lowest BCUT2D eigenvalue weighted by Crippen LogP contribution is -2.33. The fourth-order valence-corrected chi connectivity index (χ4v) is 4.53. The van der Waals surface area contributed by atoms with Crippen LogP contribution in [0.15, 0.2) is 42.5 Å². The summed E-state index contributed by atoms with van der Waals surface area (Å²) in [5, 5.41) is 0.919. The number of nitrogens with zero attached hydrogens (tertiary/aromatic N) is 1. The van der Waals surface area contributed by atoms with Crippen LogP contribution in [0.5, 0.6) is 0 Å². The number of benzene rings is 2. The molecule has 0 N–H and O–H groups in total. The van der Waals surface area contributed by atoms with Gasteiger partial charge in [-0.15, -0.1) is 0 Å². The minimum Gasteiger partial charge on any atom is -0.338 e. The Balaban J connectivity index is 1.73. The van der Waals surface area contributed by atoms with Gasteiger partial charge in [-0.1, -0.05) is 41.4 Å². The van der Waals surface area contributed by atoms with E-state index in [0.29, 0.717) is 40.7 Å². The van der Waals surface area contributed by atoms with Crippen LogP contribution in [0.2, 0.25) is 10.0 Å². The van der Waals surface area contributed by atoms with E-state index >= 15 is 0 Å². The van der Waals surface area contributed by atoms with Gasteiger partial charge in [0.05, 0.1) is 10.6 Å². The van der Waals surface area contributed by atoms with Gasteiger partial charge in [-0.2, -0.15) is 11.8 Å². The van der Waals surface area contributed by atoms with Crippen molar-refractivity contribution in [1.82, 2.24) is 4.90 Å². The van der Waals surface area contributed by atoms with Crippen LogP contribution in [0.25, 0.3) is 0 Å². The van der Waals surface area contributed by atoms with Crippen molar-refractivity contribution in [2.24, 2.45) is 0 Å². The van der Waals surface area contributed by atoms with Gasteiger partial charge in [0.15, 0.2) is 0 Å². The Labute approximate surface area is 154 Å². The van der Waals surface area contributed by atoms with E-state index in [1.807, 2.05) is 12.1 Å². The fraction of sp³-hybridized carbons (Fsp3) is 0.278. The van der Waals surface area contributed by atoms with Crippen molar-refractivity contribution < 1.29 is 9.18 Å². The minimum absolute atomic E-state index is 0.0599. The van der Waals surface area contributed by atoms with Crippen molar-refractivity contribution in [2.45, 2.75) is 11.7 Å². The Morgan fingerprint density at radius 1 is 1.17 bits per heavy atom. The van der Waals surface area contributed by atoms with E-state index in [9.17, 15) is 9.18 Å². The van der Waals surface area contributed by atoms with Crippen LogP contribution in [0.1, 0.15) is 27.6 Å². The number of hydrogen-bond acceptors (Lipinski definition) is 2. The monoisotopic (exact) mass is 383 g/mol. The van der Waals surface area contributed by atoms with Gasteiger partial charge >= 0.3 is 0 Å². The second-order valence-corrected chi connectivity index (χ2v) is 7.74. The van der Waals surface area contributed by atoms with Crippen LogP contribution in [0.3, 0.4) is 0 Å². The van der Waals surface area contributed by atoms with Crippen molar-refractivity contribution in [2.75, 3.05) is 18.8 Å². The molecule has 0 radical (unpaired) electrons. The van der Waals surface area contributed by atoms with Gasteiger partial charge in [-0.05, 0) is 30.7 Å². The molecule has 2 aromatic carbocycles. The summed E-state index contributed by atoms with van der Waals surface area (Å²) in [5.74, 6) is 0.470. The van der Waals surface area contributed by atoms with Crippen molar-refractivity contribution in [3.05, 3.63) is 69.5 Å². The highest BCUT2D eigenvalue weighted by Crippen LogP contribution is 2.36. The van der Waals surface area contributed by atoms with E-state index in [1.54, 1.807) is 40.9 Å². The summed E-state index contributed by atoms with van der Waals surface area (Å²) in [4.78, 5) is 14.5. The maximum absolute atomic E-state index is 14.0. The van der Waals surface area contributed by atoms with Crippen LogP contribution in [0.4, 0.5) is 4.39 Å². The summed E-state index contributed by atoms with van der Waals surface area (Å²) >= 11 is 13.7. The summed E-state index contributed by atoms with van der Waals surface area (Å²) < 4.78 is 14.0. The molecular weight excluding hydrogens is 368 g/mol. The third-order valence-electron chi connectivity index (χ3n) is 4.04. The van der Waals surface area contributed by atoms with Crippen LogP contribution in [0, 0.1) is 5.82 Å². The molecule has 1 amide bonds. The van der Waals surface area contributed by atoms with Gasteiger partial charge < -0.3 is 4.90 Å². The lowest BCUT2D eigenvalue weighted by molar-refractivity contribution is 0.0766. The third kappa shape index (κ3) is 3.88. The van der Waals surface area contributed by atoms with E-state index < -0.39 is 0 Å². The normalized spacial score (nSPS) is 18.3. The van der Waals surface area contributed by atoms with E-state index in [2.05, 4.69) is 0 Å². The number of halogens is 3. The maximum atomic E-state index is 14.0. The van der Waals surface area contributed by atoms with Crippen LogP contribution in [-0.4, -0.2) is 29.6 Å². The Bertz CT molecular complexity index is 756. The lowest BCUT2D eigenvalue weighted by Gasteiger charge is -2.21. The molecule has 126 valence electrons. The maximum Gasteiger partial charge on any atom is 0.255 e. The van der Waals surface area contributed by atoms with Crippen LogP contribution in [-0.2, 0) is 0 Å². The number of carbonyl (C=O) groups is 1. The molecule has 0 spiro atoms. The quantitative estimate of drug-likeness (QED) is 0.686. The Morgan fingerprint density at radius 2 is 1.96 bits per heavy atom. The summed E-state index contributed by atoms with van der Waals surface area (Å²) in [6.07, 6.45) is 0.711. The first-order valence-corrected chi connectivity index (χ1v) is 9.47. The summed E-state index contributed by atoms with van der Waals surface area (Å²) in [7, 11) is 0. The lowest BCUT2D eigenvalue weighted by atomic mass is 10.1. The fourth-order valence-electron chi connectivity index (χ4n) is 2.79. The zero-order valence-electron chi connectivity index (χ0n) is 12.8. The molecule has 1 aliphatic heterocycles. The molecule has 1 fully saturated rings. The second-order valence-electron chi connectivity index (χ2n) is 5.59. The SMILES string of the molecule is O=C(c1ccc(Cl)cc1Cl)N1CCSC(c2ccccc2F)CC1. The zero-order valence-corrected chi connectivity index (χ0v) is 15.2. The average Bonchev–Trinajstić information content (AvgIpc) is 2.81. The average molecular weight is 384 g/mol. The predicted molar refractivity (Wildman–Crippen MR) is 98.6 cm³/mol. The van der Waals surface area contributed by atoms with Gasteiger partial charge in [0.25, 0.3) is 5.91 Å². The molecule has 0 bridgehead atoms. The molecule has 1 unspecified atom stereocenters.